The van der Waals surface area contributed by atoms with Crippen molar-refractivity contribution in [2.75, 3.05) is 5.75 Å². The van der Waals surface area contributed by atoms with Gasteiger partial charge in [0.25, 0.3) is 0 Å². The highest BCUT2D eigenvalue weighted by molar-refractivity contribution is 7.80. The standard InChI is InChI=1S/C8H14N2O2S/c1-4-7(5(2)10-9-4)8(12)6(11)3-13/h6,8,11-13H,3H2,1-2H3,(H,9,10). The second kappa shape index (κ2) is 4.13. The van der Waals surface area contributed by atoms with Gasteiger partial charge in [0.15, 0.2) is 0 Å². The number of aromatic nitrogens is 2. The quantitative estimate of drug-likeness (QED) is 0.535. The van der Waals surface area contributed by atoms with Gasteiger partial charge in [-0.3, -0.25) is 5.10 Å². The monoisotopic (exact) mass is 202 g/mol. The third-order valence-corrected chi connectivity index (χ3v) is 2.41. The van der Waals surface area contributed by atoms with Gasteiger partial charge in [0.05, 0.1) is 11.8 Å². The lowest BCUT2D eigenvalue weighted by atomic mass is 10.0. The fourth-order valence-corrected chi connectivity index (χ4v) is 1.49. The second-order valence-electron chi connectivity index (χ2n) is 3.04. The van der Waals surface area contributed by atoms with Crippen LogP contribution in [-0.4, -0.2) is 32.3 Å². The van der Waals surface area contributed by atoms with Crippen LogP contribution in [0.1, 0.15) is 23.1 Å². The number of aromatic amines is 1. The van der Waals surface area contributed by atoms with Crippen molar-refractivity contribution in [1.82, 2.24) is 10.2 Å². The Labute approximate surface area is 82.4 Å². The van der Waals surface area contributed by atoms with Gasteiger partial charge in [-0.2, -0.15) is 17.7 Å². The van der Waals surface area contributed by atoms with Gasteiger partial charge in [0.1, 0.15) is 6.10 Å². The molecular weight excluding hydrogens is 188 g/mol. The van der Waals surface area contributed by atoms with Crippen LogP contribution in [0, 0.1) is 13.8 Å². The Morgan fingerprint density at radius 3 is 2.46 bits per heavy atom. The molecular formula is C8H14N2O2S. The highest BCUT2D eigenvalue weighted by atomic mass is 32.1. The number of H-pyrrole nitrogens is 1. The minimum Gasteiger partial charge on any atom is -0.389 e. The number of rotatable bonds is 3. The van der Waals surface area contributed by atoms with E-state index in [1.165, 1.54) is 0 Å². The molecule has 1 aromatic rings. The van der Waals surface area contributed by atoms with Crippen LogP contribution >= 0.6 is 12.6 Å². The van der Waals surface area contributed by atoms with E-state index >= 15 is 0 Å². The van der Waals surface area contributed by atoms with Crippen molar-refractivity contribution >= 4 is 12.6 Å². The van der Waals surface area contributed by atoms with Crippen molar-refractivity contribution in [1.29, 1.82) is 0 Å². The van der Waals surface area contributed by atoms with E-state index in [9.17, 15) is 10.2 Å². The number of hydrogen-bond donors (Lipinski definition) is 4. The summed E-state index contributed by atoms with van der Waals surface area (Å²) < 4.78 is 0. The summed E-state index contributed by atoms with van der Waals surface area (Å²) in [5.41, 5.74) is 2.17. The lowest BCUT2D eigenvalue weighted by molar-refractivity contribution is 0.0330. The average Bonchev–Trinajstić information content (AvgIpc) is 2.44. The van der Waals surface area contributed by atoms with Crippen molar-refractivity contribution in [3.8, 4) is 0 Å². The van der Waals surface area contributed by atoms with E-state index in [1.54, 1.807) is 6.92 Å². The first kappa shape index (κ1) is 10.6. The van der Waals surface area contributed by atoms with Gasteiger partial charge >= 0.3 is 0 Å². The first-order chi connectivity index (χ1) is 6.07. The third-order valence-electron chi connectivity index (χ3n) is 2.03. The summed E-state index contributed by atoms with van der Waals surface area (Å²) in [6.07, 6.45) is -1.76. The second-order valence-corrected chi connectivity index (χ2v) is 3.41. The van der Waals surface area contributed by atoms with Gasteiger partial charge in [0, 0.05) is 17.0 Å². The highest BCUT2D eigenvalue weighted by Crippen LogP contribution is 2.22. The van der Waals surface area contributed by atoms with Crippen molar-refractivity contribution < 1.29 is 10.2 Å². The Morgan fingerprint density at radius 2 is 2.08 bits per heavy atom. The zero-order valence-corrected chi connectivity index (χ0v) is 8.55. The number of nitrogens with zero attached hydrogens (tertiary/aromatic N) is 1. The van der Waals surface area contributed by atoms with Crippen LogP contribution in [-0.2, 0) is 0 Å². The largest absolute Gasteiger partial charge is 0.389 e. The summed E-state index contributed by atoms with van der Waals surface area (Å²) in [7, 11) is 0. The summed E-state index contributed by atoms with van der Waals surface area (Å²) >= 11 is 3.91. The van der Waals surface area contributed by atoms with Crippen LogP contribution in [0.25, 0.3) is 0 Å². The smallest absolute Gasteiger partial charge is 0.109 e. The summed E-state index contributed by atoms with van der Waals surface area (Å²) in [4.78, 5) is 0. The van der Waals surface area contributed by atoms with Crippen molar-refractivity contribution in [3.05, 3.63) is 17.0 Å². The molecule has 74 valence electrons. The molecule has 0 saturated heterocycles. The lowest BCUT2D eigenvalue weighted by Gasteiger charge is -2.15. The van der Waals surface area contributed by atoms with Gasteiger partial charge in [-0.25, -0.2) is 0 Å². The van der Waals surface area contributed by atoms with Crippen molar-refractivity contribution in [2.24, 2.45) is 0 Å². The third kappa shape index (κ3) is 2.04. The van der Waals surface area contributed by atoms with Gasteiger partial charge in [-0.05, 0) is 13.8 Å². The molecule has 2 atom stereocenters. The number of aryl methyl sites for hydroxylation is 2. The molecule has 0 bridgehead atoms. The van der Waals surface area contributed by atoms with E-state index in [2.05, 4.69) is 22.8 Å². The zero-order chi connectivity index (χ0) is 10.0. The molecule has 0 aliphatic rings. The molecule has 3 N–H and O–H groups in total. The van der Waals surface area contributed by atoms with Crippen LogP contribution in [0.5, 0.6) is 0 Å². The molecule has 1 rings (SSSR count). The van der Waals surface area contributed by atoms with E-state index in [4.69, 9.17) is 0 Å². The molecule has 1 heterocycles. The van der Waals surface area contributed by atoms with Gasteiger partial charge in [0.2, 0.25) is 0 Å². The molecule has 4 nitrogen and oxygen atoms in total. The Hall–Kier alpha value is -0.520. The molecule has 0 spiro atoms. The van der Waals surface area contributed by atoms with Crippen LogP contribution in [0.4, 0.5) is 0 Å². The zero-order valence-electron chi connectivity index (χ0n) is 7.65. The van der Waals surface area contributed by atoms with Gasteiger partial charge in [-0.1, -0.05) is 0 Å². The first-order valence-corrected chi connectivity index (χ1v) is 4.69. The minimum atomic E-state index is -0.906. The number of aliphatic hydroxyl groups excluding tert-OH is 2. The summed E-state index contributed by atoms with van der Waals surface area (Å²) in [5.74, 6) is 0.227. The molecule has 2 unspecified atom stereocenters. The van der Waals surface area contributed by atoms with Crippen molar-refractivity contribution in [2.45, 2.75) is 26.1 Å². The molecule has 0 radical (unpaired) electrons. The van der Waals surface area contributed by atoms with Crippen LogP contribution in [0.2, 0.25) is 0 Å². The van der Waals surface area contributed by atoms with Crippen LogP contribution in [0.3, 0.4) is 0 Å². The summed E-state index contributed by atoms with van der Waals surface area (Å²) in [6.45, 7) is 3.59. The van der Waals surface area contributed by atoms with E-state index < -0.39 is 12.2 Å². The molecule has 0 aliphatic carbocycles. The van der Waals surface area contributed by atoms with Crippen molar-refractivity contribution in [3.63, 3.8) is 0 Å². The maximum atomic E-state index is 9.68. The maximum absolute atomic E-state index is 9.68. The lowest BCUT2D eigenvalue weighted by Crippen LogP contribution is -2.20. The van der Waals surface area contributed by atoms with E-state index in [0.29, 0.717) is 11.3 Å². The van der Waals surface area contributed by atoms with Crippen LogP contribution < -0.4 is 0 Å². The Bertz CT molecular complexity index is 268. The average molecular weight is 202 g/mol. The number of aliphatic hydroxyl groups is 2. The Balaban J connectivity index is 2.93. The molecule has 0 fully saturated rings. The fraction of sp³-hybridized carbons (Fsp3) is 0.625. The molecule has 0 saturated carbocycles. The summed E-state index contributed by atoms with van der Waals surface area (Å²) in [5, 5.41) is 25.7. The number of hydrogen-bond acceptors (Lipinski definition) is 4. The molecule has 0 amide bonds. The number of thiol groups is 1. The normalized spacial score (nSPS) is 15.8. The fourth-order valence-electron chi connectivity index (χ4n) is 1.29. The first-order valence-electron chi connectivity index (χ1n) is 4.06. The van der Waals surface area contributed by atoms with E-state index in [0.717, 1.165) is 5.69 Å². The number of nitrogens with one attached hydrogen (secondary N) is 1. The van der Waals surface area contributed by atoms with E-state index in [1.807, 2.05) is 6.92 Å². The molecule has 0 aromatic carbocycles. The maximum Gasteiger partial charge on any atom is 0.109 e. The molecule has 1 aromatic heterocycles. The van der Waals surface area contributed by atoms with Gasteiger partial charge in [-0.15, -0.1) is 0 Å². The molecule has 0 aliphatic heterocycles. The predicted molar refractivity (Wildman–Crippen MR) is 52.9 cm³/mol. The topological polar surface area (TPSA) is 69.1 Å². The Kier molecular flexibility index (Phi) is 3.35. The molecule has 5 heteroatoms. The van der Waals surface area contributed by atoms with Gasteiger partial charge < -0.3 is 10.2 Å². The van der Waals surface area contributed by atoms with Crippen LogP contribution in [0.15, 0.2) is 0 Å². The van der Waals surface area contributed by atoms with E-state index in [-0.39, 0.29) is 5.75 Å². The highest BCUT2D eigenvalue weighted by Gasteiger charge is 2.22. The molecule has 13 heavy (non-hydrogen) atoms. The predicted octanol–water partition coefficient (Wildman–Crippen LogP) is 0.351. The SMILES string of the molecule is Cc1n[nH]c(C)c1C(O)C(O)CS. The minimum absolute atomic E-state index is 0.227. The summed E-state index contributed by atoms with van der Waals surface area (Å²) in [6, 6.07) is 0. The Morgan fingerprint density at radius 1 is 1.46 bits per heavy atom.